The Hall–Kier alpha value is -2.19. The molecule has 2 aromatic heterocycles. The van der Waals surface area contributed by atoms with Crippen molar-refractivity contribution in [2.45, 2.75) is 31.6 Å². The van der Waals surface area contributed by atoms with Gasteiger partial charge in [-0.2, -0.15) is 0 Å². The predicted molar refractivity (Wildman–Crippen MR) is 95.4 cm³/mol. The number of hydrogen-bond donors (Lipinski definition) is 1. The maximum atomic E-state index is 12.7. The van der Waals surface area contributed by atoms with E-state index in [2.05, 4.69) is 23.6 Å². The summed E-state index contributed by atoms with van der Waals surface area (Å²) in [7, 11) is -4.02. The Labute approximate surface area is 143 Å². The molecule has 3 rings (SSSR count). The molecule has 2 heterocycles. The molecule has 1 N–H and O–H groups in total. The topological polar surface area (TPSA) is 80.5 Å². The lowest BCUT2D eigenvalue weighted by Gasteiger charge is -2.11. The first kappa shape index (κ1) is 16.7. The molecule has 6 nitrogen and oxygen atoms in total. The van der Waals surface area contributed by atoms with Crippen LogP contribution in [0.3, 0.4) is 0 Å². The van der Waals surface area contributed by atoms with Crippen LogP contribution in [0.2, 0.25) is 0 Å². The number of hydrogen-bond acceptors (Lipinski definition) is 5. The molecule has 0 atom stereocenters. The quantitative estimate of drug-likeness (QED) is 0.773. The van der Waals surface area contributed by atoms with Crippen LogP contribution in [-0.2, 0) is 10.0 Å². The summed E-state index contributed by atoms with van der Waals surface area (Å²) in [5, 5.41) is 1.69. The van der Waals surface area contributed by atoms with Gasteiger partial charge in [-0.05, 0) is 30.5 Å². The van der Waals surface area contributed by atoms with E-state index in [1.807, 2.05) is 12.1 Å². The molecule has 3 aromatic rings. The van der Waals surface area contributed by atoms with E-state index in [0.717, 1.165) is 5.56 Å². The van der Waals surface area contributed by atoms with E-state index >= 15 is 0 Å². The van der Waals surface area contributed by atoms with Gasteiger partial charge < -0.3 is 0 Å². The number of sulfonamides is 1. The predicted octanol–water partition coefficient (Wildman–Crippen LogP) is 2.99. The van der Waals surface area contributed by atoms with Gasteiger partial charge in [-0.25, -0.2) is 13.4 Å². The van der Waals surface area contributed by atoms with E-state index in [4.69, 9.17) is 0 Å². The molecule has 0 spiro atoms. The molecule has 24 heavy (non-hydrogen) atoms. The van der Waals surface area contributed by atoms with E-state index in [9.17, 15) is 13.2 Å². The van der Waals surface area contributed by atoms with Crippen LogP contribution in [0.25, 0.3) is 4.96 Å². The number of nitrogens with one attached hydrogen (secondary N) is 1. The van der Waals surface area contributed by atoms with Gasteiger partial charge in [-0.1, -0.05) is 26.0 Å². The lowest BCUT2D eigenvalue weighted by atomic mass is 10.0. The molecule has 0 fully saturated rings. The van der Waals surface area contributed by atoms with Crippen LogP contribution in [0.4, 0.5) is 5.69 Å². The van der Waals surface area contributed by atoms with Crippen molar-refractivity contribution in [3.05, 3.63) is 57.5 Å². The Morgan fingerprint density at radius 3 is 2.50 bits per heavy atom. The number of aromatic nitrogens is 2. The second kappa shape index (κ2) is 6.03. The third-order valence-electron chi connectivity index (χ3n) is 3.69. The van der Waals surface area contributed by atoms with Crippen LogP contribution in [0.15, 0.2) is 45.5 Å². The second-order valence-corrected chi connectivity index (χ2v) is 8.26. The summed E-state index contributed by atoms with van der Waals surface area (Å²) in [6, 6.07) is 7.11. The second-order valence-electron chi connectivity index (χ2n) is 5.77. The summed E-state index contributed by atoms with van der Waals surface area (Å²) in [6.07, 6.45) is 1.52. The zero-order valence-corrected chi connectivity index (χ0v) is 15.1. The average Bonchev–Trinajstić information content (AvgIpc) is 2.95. The van der Waals surface area contributed by atoms with Crippen molar-refractivity contribution in [1.29, 1.82) is 0 Å². The van der Waals surface area contributed by atoms with Gasteiger partial charge in [-0.15, -0.1) is 11.3 Å². The normalized spacial score (nSPS) is 12.0. The number of fused-ring (bicyclic) bond motifs is 1. The number of aryl methyl sites for hydroxylation is 1. The highest BCUT2D eigenvalue weighted by molar-refractivity contribution is 7.92. The molecule has 0 aliphatic carbocycles. The third-order valence-corrected chi connectivity index (χ3v) is 5.96. The van der Waals surface area contributed by atoms with Crippen molar-refractivity contribution in [3.63, 3.8) is 0 Å². The summed E-state index contributed by atoms with van der Waals surface area (Å²) in [4.78, 5) is 16.8. The molecule has 0 radical (unpaired) electrons. The maximum absolute atomic E-state index is 12.7. The highest BCUT2D eigenvalue weighted by Crippen LogP contribution is 2.20. The first-order valence-corrected chi connectivity index (χ1v) is 9.75. The summed E-state index contributed by atoms with van der Waals surface area (Å²) in [5.41, 5.74) is 1.11. The summed E-state index contributed by atoms with van der Waals surface area (Å²) in [6.45, 7) is 5.65. The monoisotopic (exact) mass is 363 g/mol. The van der Waals surface area contributed by atoms with E-state index < -0.39 is 15.6 Å². The number of thiazole rings is 1. The molecule has 126 valence electrons. The number of anilines is 1. The Balaban J connectivity index is 2.03. The van der Waals surface area contributed by atoms with Gasteiger partial charge in [0.15, 0.2) is 9.86 Å². The Morgan fingerprint density at radius 1 is 1.21 bits per heavy atom. The SMILES string of the molecule is Cc1nc2sccn2c(=O)c1S(=O)(=O)Nc1ccc(C(C)C)cc1. The summed E-state index contributed by atoms with van der Waals surface area (Å²) >= 11 is 1.28. The van der Waals surface area contributed by atoms with Crippen LogP contribution in [0.5, 0.6) is 0 Å². The number of nitrogens with zero attached hydrogens (tertiary/aromatic N) is 2. The third kappa shape index (κ3) is 2.94. The molecular weight excluding hydrogens is 346 g/mol. The zero-order valence-electron chi connectivity index (χ0n) is 13.5. The van der Waals surface area contributed by atoms with E-state index in [-0.39, 0.29) is 10.6 Å². The van der Waals surface area contributed by atoms with Gasteiger partial charge >= 0.3 is 0 Å². The van der Waals surface area contributed by atoms with Gasteiger partial charge in [0.1, 0.15) is 0 Å². The minimum absolute atomic E-state index is 0.189. The molecule has 0 bridgehead atoms. The minimum Gasteiger partial charge on any atom is -0.279 e. The summed E-state index contributed by atoms with van der Waals surface area (Å²) in [5.74, 6) is 0.354. The van der Waals surface area contributed by atoms with Crippen molar-refractivity contribution >= 4 is 32.0 Å². The van der Waals surface area contributed by atoms with Gasteiger partial charge in [0.05, 0.1) is 5.69 Å². The van der Waals surface area contributed by atoms with Gasteiger partial charge in [0.2, 0.25) is 0 Å². The Bertz CT molecular complexity index is 1050. The van der Waals surface area contributed by atoms with E-state index in [1.54, 1.807) is 17.5 Å². The van der Waals surface area contributed by atoms with Crippen LogP contribution in [-0.4, -0.2) is 17.8 Å². The van der Waals surface area contributed by atoms with Crippen molar-refractivity contribution in [2.24, 2.45) is 0 Å². The fourth-order valence-electron chi connectivity index (χ4n) is 2.42. The number of rotatable bonds is 4. The maximum Gasteiger partial charge on any atom is 0.279 e. The molecule has 8 heteroatoms. The Kier molecular flexibility index (Phi) is 4.18. The molecule has 0 amide bonds. The van der Waals surface area contributed by atoms with Crippen LogP contribution in [0, 0.1) is 6.92 Å². The fraction of sp³-hybridized carbons (Fsp3) is 0.250. The standard InChI is InChI=1S/C16H17N3O3S2/c1-10(2)12-4-6-13(7-5-12)18-24(21,22)14-11(3)17-16-19(15(14)20)8-9-23-16/h4-10,18H,1-3H3. The molecule has 1 aromatic carbocycles. The van der Waals surface area contributed by atoms with Crippen LogP contribution in [0.1, 0.15) is 31.0 Å². The summed E-state index contributed by atoms with van der Waals surface area (Å²) < 4.78 is 29.0. The van der Waals surface area contributed by atoms with Crippen molar-refractivity contribution in [3.8, 4) is 0 Å². The molecule has 0 aliphatic heterocycles. The molecule has 0 saturated heterocycles. The molecule has 0 saturated carbocycles. The average molecular weight is 363 g/mol. The first-order chi connectivity index (χ1) is 11.3. The van der Waals surface area contributed by atoms with Crippen molar-refractivity contribution < 1.29 is 8.42 Å². The lowest BCUT2D eigenvalue weighted by molar-refractivity contribution is 0.598. The minimum atomic E-state index is -4.02. The highest BCUT2D eigenvalue weighted by Gasteiger charge is 2.24. The first-order valence-electron chi connectivity index (χ1n) is 7.39. The number of benzene rings is 1. The van der Waals surface area contributed by atoms with E-state index in [0.29, 0.717) is 16.6 Å². The van der Waals surface area contributed by atoms with Gasteiger partial charge in [-0.3, -0.25) is 13.9 Å². The van der Waals surface area contributed by atoms with Crippen molar-refractivity contribution in [2.75, 3.05) is 4.72 Å². The molecular formula is C16H17N3O3S2. The van der Waals surface area contributed by atoms with Crippen molar-refractivity contribution in [1.82, 2.24) is 9.38 Å². The van der Waals surface area contributed by atoms with Gasteiger partial charge in [0.25, 0.3) is 15.6 Å². The zero-order chi connectivity index (χ0) is 17.5. The largest absolute Gasteiger partial charge is 0.279 e. The smallest absolute Gasteiger partial charge is 0.279 e. The Morgan fingerprint density at radius 2 is 1.88 bits per heavy atom. The molecule has 0 unspecified atom stereocenters. The van der Waals surface area contributed by atoms with Crippen LogP contribution < -0.4 is 10.3 Å². The lowest BCUT2D eigenvalue weighted by Crippen LogP contribution is -2.27. The fourth-order valence-corrected chi connectivity index (χ4v) is 4.48. The molecule has 0 aliphatic rings. The van der Waals surface area contributed by atoms with Crippen LogP contribution >= 0.6 is 11.3 Å². The van der Waals surface area contributed by atoms with E-state index in [1.165, 1.54) is 28.9 Å². The highest BCUT2D eigenvalue weighted by atomic mass is 32.2. The van der Waals surface area contributed by atoms with Gasteiger partial charge in [0, 0.05) is 17.3 Å².